The van der Waals surface area contributed by atoms with Crippen LogP contribution in [0.25, 0.3) is 10.9 Å². The number of hydrogen-bond acceptors (Lipinski definition) is 5. The van der Waals surface area contributed by atoms with Gasteiger partial charge in [-0.25, -0.2) is 4.79 Å². The van der Waals surface area contributed by atoms with Crippen molar-refractivity contribution >= 4 is 28.9 Å². The highest BCUT2D eigenvalue weighted by Gasteiger charge is 2.50. The van der Waals surface area contributed by atoms with Crippen LogP contribution in [-0.2, 0) is 31.9 Å². The molecular formula is C34H41N3O5. The minimum atomic E-state index is -1.33. The topological polar surface area (TPSA) is 110 Å². The second-order valence-corrected chi connectivity index (χ2v) is 12.9. The number of hydrogen-bond donors (Lipinski definition) is 3. The van der Waals surface area contributed by atoms with Crippen LogP contribution in [0.4, 0.5) is 4.79 Å². The lowest BCUT2D eigenvalue weighted by Crippen LogP contribution is -2.61. The summed E-state index contributed by atoms with van der Waals surface area (Å²) in [6.45, 7) is 1.74. The Hall–Kier alpha value is -3.81. The number of benzene rings is 2. The lowest BCUT2D eigenvalue weighted by Gasteiger charge is -2.53. The first-order valence-corrected chi connectivity index (χ1v) is 15.2. The molecule has 8 nitrogen and oxygen atoms in total. The molecule has 2 aromatic carbocycles. The number of alkyl carbamates (subject to hydrolysis) is 1. The molecule has 0 aliphatic heterocycles. The van der Waals surface area contributed by atoms with Gasteiger partial charge >= 0.3 is 12.1 Å². The molecule has 4 fully saturated rings. The van der Waals surface area contributed by atoms with Crippen LogP contribution in [0, 0.1) is 23.7 Å². The zero-order valence-electron chi connectivity index (χ0n) is 24.4. The maximum Gasteiger partial charge on any atom is 0.408 e. The molecule has 4 aliphatic carbocycles. The number of rotatable bonds is 10. The van der Waals surface area contributed by atoms with Crippen LogP contribution in [0.15, 0.2) is 60.8 Å². The lowest BCUT2D eigenvalue weighted by atomic mass is 9.55. The van der Waals surface area contributed by atoms with Crippen molar-refractivity contribution in [2.45, 2.75) is 76.0 Å². The van der Waals surface area contributed by atoms with E-state index in [1.165, 1.54) is 13.5 Å². The third-order valence-corrected chi connectivity index (χ3v) is 9.78. The quantitative estimate of drug-likeness (QED) is 0.286. The Morgan fingerprint density at radius 1 is 0.952 bits per heavy atom. The van der Waals surface area contributed by atoms with E-state index in [1.807, 2.05) is 60.8 Å². The minimum Gasteiger partial charge on any atom is -0.469 e. The molecule has 3 aromatic rings. The Balaban J connectivity index is 1.23. The molecule has 0 saturated heterocycles. The maximum absolute atomic E-state index is 14.1. The number of nitrogens with one attached hydrogen (secondary N) is 3. The number of carbonyl (C=O) groups is 3. The predicted octanol–water partition coefficient (Wildman–Crippen LogP) is 5.31. The van der Waals surface area contributed by atoms with Crippen LogP contribution >= 0.6 is 0 Å². The van der Waals surface area contributed by atoms with Gasteiger partial charge in [-0.15, -0.1) is 0 Å². The highest BCUT2D eigenvalue weighted by atomic mass is 16.6. The first kappa shape index (κ1) is 28.3. The summed E-state index contributed by atoms with van der Waals surface area (Å²) in [6, 6.07) is 17.1. The van der Waals surface area contributed by atoms with Crippen molar-refractivity contribution in [2.75, 3.05) is 7.11 Å². The molecule has 42 heavy (non-hydrogen) atoms. The summed E-state index contributed by atoms with van der Waals surface area (Å²) in [4.78, 5) is 43.3. The van der Waals surface area contributed by atoms with Crippen LogP contribution in [0.1, 0.15) is 56.6 Å². The molecule has 2 atom stereocenters. The molecule has 0 unspecified atom stereocenters. The van der Waals surface area contributed by atoms with Gasteiger partial charge in [-0.1, -0.05) is 48.5 Å². The average molecular weight is 572 g/mol. The van der Waals surface area contributed by atoms with Crippen LogP contribution < -0.4 is 10.6 Å². The predicted molar refractivity (Wildman–Crippen MR) is 160 cm³/mol. The van der Waals surface area contributed by atoms with E-state index in [0.717, 1.165) is 59.5 Å². The third-order valence-electron chi connectivity index (χ3n) is 9.78. The molecule has 4 saturated carbocycles. The van der Waals surface area contributed by atoms with Crippen molar-refractivity contribution in [1.82, 2.24) is 15.6 Å². The summed E-state index contributed by atoms with van der Waals surface area (Å²) in [5, 5.41) is 7.05. The van der Waals surface area contributed by atoms with E-state index in [2.05, 4.69) is 15.6 Å². The molecular weight excluding hydrogens is 530 g/mol. The monoisotopic (exact) mass is 571 g/mol. The van der Waals surface area contributed by atoms with Crippen LogP contribution in [0.3, 0.4) is 0 Å². The molecule has 1 aromatic heterocycles. The Bertz CT molecular complexity index is 1410. The number of aromatic amines is 1. The molecule has 8 heteroatoms. The normalized spacial score (nSPS) is 26.3. The van der Waals surface area contributed by atoms with Crippen LogP contribution in [0.2, 0.25) is 0 Å². The Morgan fingerprint density at radius 2 is 1.62 bits per heavy atom. The van der Waals surface area contributed by atoms with Gasteiger partial charge in [0.25, 0.3) is 0 Å². The lowest BCUT2D eigenvalue weighted by molar-refractivity contribution is -0.141. The second kappa shape index (κ2) is 11.8. The number of fused-ring (bicyclic) bond motifs is 1. The average Bonchev–Trinajstić information content (AvgIpc) is 3.37. The summed E-state index contributed by atoms with van der Waals surface area (Å²) in [5.74, 6) is 1.57. The summed E-state index contributed by atoms with van der Waals surface area (Å²) in [5.41, 5.74) is 1.52. The Labute approximate surface area is 246 Å². The van der Waals surface area contributed by atoms with Crippen molar-refractivity contribution in [3.8, 4) is 0 Å². The van der Waals surface area contributed by atoms with E-state index in [1.54, 1.807) is 6.92 Å². The zero-order valence-corrected chi connectivity index (χ0v) is 24.4. The largest absolute Gasteiger partial charge is 0.469 e. The van der Waals surface area contributed by atoms with E-state index >= 15 is 0 Å². The summed E-state index contributed by atoms with van der Waals surface area (Å²) in [7, 11) is 1.34. The van der Waals surface area contributed by atoms with Crippen molar-refractivity contribution in [1.29, 1.82) is 0 Å². The molecule has 2 amide bonds. The van der Waals surface area contributed by atoms with Gasteiger partial charge in [-0.2, -0.15) is 0 Å². The van der Waals surface area contributed by atoms with Gasteiger partial charge in [0.2, 0.25) is 5.91 Å². The van der Waals surface area contributed by atoms with E-state index in [9.17, 15) is 14.4 Å². The first-order valence-electron chi connectivity index (χ1n) is 15.2. The fraction of sp³-hybridized carbons (Fsp3) is 0.500. The number of para-hydroxylation sites is 1. The molecule has 0 radical (unpaired) electrons. The molecule has 3 N–H and O–H groups in total. The van der Waals surface area contributed by atoms with Crippen molar-refractivity contribution in [2.24, 2.45) is 23.7 Å². The number of esters is 1. The summed E-state index contributed by atoms with van der Waals surface area (Å²) >= 11 is 0. The van der Waals surface area contributed by atoms with Gasteiger partial charge in [-0.3, -0.25) is 9.59 Å². The number of amides is 2. The number of carbonyl (C=O) groups excluding carboxylic acids is 3. The highest BCUT2D eigenvalue weighted by Crippen LogP contribution is 2.54. The zero-order chi connectivity index (χ0) is 29.3. The summed E-state index contributed by atoms with van der Waals surface area (Å²) < 4.78 is 11.1. The van der Waals surface area contributed by atoms with Gasteiger partial charge in [0, 0.05) is 29.6 Å². The standard InChI is InChI=1S/C34H41N3O5/c1-34(19-26-20-35-29-11-7-6-10-28(26)29,32(39)36-27(18-30(38)41-2)17-21-8-4-3-5-9-21)37-33(40)42-31-24-13-22-12-23(15-24)16-25(31)14-22/h3-11,20,22-25,27,31,35H,12-19H2,1-2H3,(H,36,39)(H,37,40)/t22?,23?,24?,25?,27-,31?,34+/m0/s1. The van der Waals surface area contributed by atoms with Gasteiger partial charge < -0.3 is 25.1 Å². The Kier molecular flexibility index (Phi) is 7.97. The maximum atomic E-state index is 14.1. The highest BCUT2D eigenvalue weighted by molar-refractivity contribution is 5.92. The minimum absolute atomic E-state index is 0.0124. The molecule has 222 valence electrons. The van der Waals surface area contributed by atoms with Gasteiger partial charge in [0.1, 0.15) is 11.6 Å². The van der Waals surface area contributed by atoms with Crippen molar-refractivity contribution in [3.05, 3.63) is 71.9 Å². The van der Waals surface area contributed by atoms with Crippen LogP contribution in [-0.4, -0.2) is 47.7 Å². The van der Waals surface area contributed by atoms with Crippen LogP contribution in [0.5, 0.6) is 0 Å². The number of ether oxygens (including phenoxy) is 2. The smallest absolute Gasteiger partial charge is 0.408 e. The molecule has 4 aliphatic rings. The summed E-state index contributed by atoms with van der Waals surface area (Å²) in [6.07, 6.45) is 7.79. The van der Waals surface area contributed by atoms with Crippen molar-refractivity contribution < 1.29 is 23.9 Å². The molecule has 1 heterocycles. The van der Waals surface area contributed by atoms with E-state index < -0.39 is 23.6 Å². The SMILES string of the molecule is COC(=O)C[C@H](Cc1ccccc1)NC(=O)[C@@](C)(Cc1c[nH]c2ccccc12)NC(=O)OC1C2CC3CC(C2)CC1C3. The Morgan fingerprint density at radius 3 is 2.31 bits per heavy atom. The van der Waals surface area contributed by atoms with E-state index in [4.69, 9.17) is 9.47 Å². The van der Waals surface area contributed by atoms with Gasteiger partial charge in [-0.05, 0) is 86.3 Å². The first-order chi connectivity index (χ1) is 20.3. The fourth-order valence-electron chi connectivity index (χ4n) is 7.99. The van der Waals surface area contributed by atoms with Gasteiger partial charge in [0.05, 0.1) is 13.5 Å². The number of H-pyrrole nitrogens is 1. The van der Waals surface area contributed by atoms with E-state index in [-0.39, 0.29) is 24.9 Å². The van der Waals surface area contributed by atoms with Gasteiger partial charge in [0.15, 0.2) is 0 Å². The second-order valence-electron chi connectivity index (χ2n) is 12.9. The molecule has 7 rings (SSSR count). The van der Waals surface area contributed by atoms with Crippen molar-refractivity contribution in [3.63, 3.8) is 0 Å². The molecule has 0 spiro atoms. The van der Waals surface area contributed by atoms with E-state index in [0.29, 0.717) is 18.3 Å². The third kappa shape index (κ3) is 6.03. The number of methoxy groups -OCH3 is 1. The fourth-order valence-corrected chi connectivity index (χ4v) is 7.99. The number of aromatic nitrogens is 1. The molecule has 4 bridgehead atoms.